The fourth-order valence-electron chi connectivity index (χ4n) is 16.2. The Hall–Kier alpha value is -4.76. The summed E-state index contributed by atoms with van der Waals surface area (Å²) >= 11 is 0. The molecule has 2 bridgehead atoms. The molecule has 2 aromatic rings. The highest BCUT2D eigenvalue weighted by atomic mass is 16.6. The molecule has 0 saturated heterocycles. The van der Waals surface area contributed by atoms with Crippen molar-refractivity contribution in [1.82, 2.24) is 10.6 Å². The van der Waals surface area contributed by atoms with E-state index in [9.17, 15) is 19.2 Å². The van der Waals surface area contributed by atoms with Crippen molar-refractivity contribution in [3.05, 3.63) is 96.1 Å². The van der Waals surface area contributed by atoms with E-state index in [2.05, 4.69) is 138 Å². The number of amides is 2. The number of fused-ring (bicyclic) bond motifs is 2. The van der Waals surface area contributed by atoms with Crippen molar-refractivity contribution < 1.29 is 57.1 Å². The largest absolute Gasteiger partial charge is 0.462 e. The third-order valence-corrected chi connectivity index (χ3v) is 22.9. The number of unbranched alkanes of at least 4 members (excludes halogenated alkanes) is 2. The van der Waals surface area contributed by atoms with Crippen molar-refractivity contribution in [2.45, 2.75) is 273 Å². The maximum atomic E-state index is 13.1. The molecule has 2 amide bonds. The van der Waals surface area contributed by atoms with Gasteiger partial charge in [-0.1, -0.05) is 121 Å². The SMILES string of the molecule is C=C(C)C(=O)OCCCNC(=O)OC(C)(C)C(COC(C)(C)C(C)(C)CCCCOC(C)(C)CC1(C)CCC2C(C1)C1CC23CC13CC(C)(C)OCCCCC(C)(C)C(C)(C)OCC(c1ccccc1)C(C)(C)OC(=O)NCCCOC(=O)C(=C)C)c1ccccc1. The minimum Gasteiger partial charge on any atom is -0.462 e. The second kappa shape index (κ2) is 30.5. The Morgan fingerprint density at radius 1 is 0.533 bits per heavy atom. The van der Waals surface area contributed by atoms with Crippen molar-refractivity contribution in [3.8, 4) is 0 Å². The summed E-state index contributed by atoms with van der Waals surface area (Å²) in [7, 11) is 0. The second-order valence-electron chi connectivity index (χ2n) is 33.3. The standard InChI is InChI=1S/C78H124N2O12/c1-55(2)64(81)85-44-32-42-79-66(83)91-72(13,14)62(57-34-24-22-25-35-57)50-89-74(17,18)68(5,6)39-28-30-46-87-70(9,10)52-76(21)41-38-60-59(48-76)61-49-77(60)54-78(61,77)53-71(11,12)88-47-31-29-40-69(7,8)75(19,20)90-51-63(58-36-26-23-27-37-58)73(15,16)92-67(84)80-43-33-45-86-65(82)56(3)4/h22-27,34-37,59-63H,1,3,28-33,38-54H2,2,4-21H3,(H,79,83)(H,80,84). The monoisotopic (exact) mass is 1280 g/mol. The van der Waals surface area contributed by atoms with Gasteiger partial charge in [0.15, 0.2) is 0 Å². The molecule has 6 rings (SSSR count). The average Bonchev–Trinajstić information content (AvgIpc) is 1.44. The maximum Gasteiger partial charge on any atom is 0.407 e. The van der Waals surface area contributed by atoms with E-state index in [-0.39, 0.29) is 52.5 Å². The normalized spacial score (nSPS) is 23.0. The van der Waals surface area contributed by atoms with Gasteiger partial charge in [0.1, 0.15) is 11.2 Å². The van der Waals surface area contributed by atoms with E-state index in [4.69, 9.17) is 37.9 Å². The van der Waals surface area contributed by atoms with E-state index in [1.54, 1.807) is 13.8 Å². The Morgan fingerprint density at radius 3 is 1.36 bits per heavy atom. The molecule has 8 atom stereocenters. The number of hydrogen-bond donors (Lipinski definition) is 2. The lowest BCUT2D eigenvalue weighted by molar-refractivity contribution is -0.139. The first-order valence-corrected chi connectivity index (χ1v) is 34.9. The quantitative estimate of drug-likeness (QED) is 0.0281. The molecule has 0 aromatic heterocycles. The smallest absolute Gasteiger partial charge is 0.407 e. The molecule has 2 aromatic carbocycles. The Morgan fingerprint density at radius 2 is 0.946 bits per heavy atom. The van der Waals surface area contributed by atoms with E-state index >= 15 is 0 Å². The highest BCUT2D eigenvalue weighted by Gasteiger charge is 2.88. The van der Waals surface area contributed by atoms with Crippen molar-refractivity contribution in [3.63, 3.8) is 0 Å². The third kappa shape index (κ3) is 19.5. The van der Waals surface area contributed by atoms with Crippen LogP contribution >= 0.6 is 0 Å². The second-order valence-corrected chi connectivity index (χ2v) is 33.3. The molecule has 4 aliphatic carbocycles. The van der Waals surface area contributed by atoms with Crippen LogP contribution in [0.15, 0.2) is 85.0 Å². The van der Waals surface area contributed by atoms with Gasteiger partial charge in [-0.15, -0.1) is 0 Å². The van der Waals surface area contributed by atoms with Gasteiger partial charge in [-0.3, -0.25) is 0 Å². The predicted octanol–water partition coefficient (Wildman–Crippen LogP) is 17.8. The number of rotatable bonds is 40. The summed E-state index contributed by atoms with van der Waals surface area (Å²) in [6.07, 6.45) is 14.9. The lowest BCUT2D eigenvalue weighted by Crippen LogP contribution is -2.46. The average molecular weight is 1280 g/mol. The van der Waals surface area contributed by atoms with Crippen LogP contribution in [0.5, 0.6) is 0 Å². The number of carbonyl (C=O) groups excluding carboxylic acids is 4. The van der Waals surface area contributed by atoms with Gasteiger partial charge in [-0.2, -0.15) is 0 Å². The summed E-state index contributed by atoms with van der Waals surface area (Å²) in [4.78, 5) is 49.6. The summed E-state index contributed by atoms with van der Waals surface area (Å²) in [5, 5.41) is 5.63. The zero-order chi connectivity index (χ0) is 68.4. The van der Waals surface area contributed by atoms with Gasteiger partial charge in [-0.25, -0.2) is 19.2 Å². The van der Waals surface area contributed by atoms with E-state index < -0.39 is 46.5 Å². The van der Waals surface area contributed by atoms with Crippen LogP contribution in [0.2, 0.25) is 0 Å². The molecule has 4 aliphatic rings. The lowest BCUT2D eigenvalue weighted by Gasteiger charge is -2.45. The third-order valence-electron chi connectivity index (χ3n) is 22.9. The van der Waals surface area contributed by atoms with Crippen LogP contribution in [0.3, 0.4) is 0 Å². The van der Waals surface area contributed by atoms with Crippen LogP contribution in [0, 0.1) is 44.8 Å². The molecular formula is C78H124N2O12. The van der Waals surface area contributed by atoms with E-state index in [1.165, 1.54) is 32.1 Å². The Balaban J connectivity index is 0.907. The van der Waals surface area contributed by atoms with Crippen LogP contribution in [0.25, 0.3) is 0 Å². The zero-order valence-electron chi connectivity index (χ0n) is 60.7. The molecule has 14 heteroatoms. The van der Waals surface area contributed by atoms with Crippen molar-refractivity contribution >= 4 is 24.1 Å². The van der Waals surface area contributed by atoms with Crippen LogP contribution < -0.4 is 10.6 Å². The summed E-state index contributed by atoms with van der Waals surface area (Å²) in [5.41, 5.74) is 0.596. The van der Waals surface area contributed by atoms with Gasteiger partial charge in [0, 0.05) is 49.3 Å². The fraction of sp³-hybridized carbons (Fsp3) is 0.744. The maximum absolute atomic E-state index is 13.1. The molecule has 4 fully saturated rings. The van der Waals surface area contributed by atoms with Crippen LogP contribution in [-0.2, 0) is 47.5 Å². The molecule has 0 radical (unpaired) electrons. The van der Waals surface area contributed by atoms with Crippen LogP contribution in [0.1, 0.15) is 251 Å². The number of ether oxygens (including phenoxy) is 8. The van der Waals surface area contributed by atoms with E-state index in [1.807, 2.05) is 64.1 Å². The Labute approximate surface area is 556 Å². The van der Waals surface area contributed by atoms with Crippen molar-refractivity contribution in [2.24, 2.45) is 44.8 Å². The first kappa shape index (κ1) is 76.3. The molecule has 14 nitrogen and oxygen atoms in total. The van der Waals surface area contributed by atoms with E-state index in [0.29, 0.717) is 61.1 Å². The molecule has 0 spiro atoms. The van der Waals surface area contributed by atoms with E-state index in [0.717, 1.165) is 93.5 Å². The highest BCUT2D eigenvalue weighted by molar-refractivity contribution is 5.87. The minimum atomic E-state index is -0.891. The molecular weight excluding hydrogens is 1160 g/mol. The van der Waals surface area contributed by atoms with Gasteiger partial charge in [0.25, 0.3) is 0 Å². The van der Waals surface area contributed by atoms with Crippen molar-refractivity contribution in [2.75, 3.05) is 52.7 Å². The molecule has 4 saturated carbocycles. The number of benzene rings is 2. The predicted molar refractivity (Wildman–Crippen MR) is 367 cm³/mol. The van der Waals surface area contributed by atoms with Crippen molar-refractivity contribution in [1.29, 1.82) is 0 Å². The molecule has 92 heavy (non-hydrogen) atoms. The lowest BCUT2D eigenvalue weighted by atomic mass is 9.62. The van der Waals surface area contributed by atoms with Gasteiger partial charge < -0.3 is 48.5 Å². The first-order chi connectivity index (χ1) is 42.7. The summed E-state index contributed by atoms with van der Waals surface area (Å²) < 4.78 is 50.0. The minimum absolute atomic E-state index is 0.144. The van der Waals surface area contributed by atoms with Gasteiger partial charge in [-0.05, 0) is 236 Å². The van der Waals surface area contributed by atoms with Crippen LogP contribution in [-0.4, -0.2) is 110 Å². The number of hydrogen-bond acceptors (Lipinski definition) is 12. The Kier molecular flexibility index (Phi) is 25.3. The number of esters is 2. The van der Waals surface area contributed by atoms with Gasteiger partial charge in [0.2, 0.25) is 0 Å². The Bertz CT molecular complexity index is 2780. The topological polar surface area (TPSA) is 166 Å². The molecule has 2 N–H and O–H groups in total. The number of nitrogens with one attached hydrogen (secondary N) is 2. The highest BCUT2D eigenvalue weighted by Crippen LogP contribution is 2.95. The molecule has 518 valence electrons. The summed E-state index contributed by atoms with van der Waals surface area (Å²) in [5.74, 6) is 1.13. The zero-order valence-corrected chi connectivity index (χ0v) is 60.7. The number of carbonyl (C=O) groups is 4. The number of alkyl carbamates (subject to hydrolysis) is 2. The fourth-order valence-corrected chi connectivity index (χ4v) is 16.2. The summed E-state index contributed by atoms with van der Waals surface area (Å²) in [6, 6.07) is 20.3. The molecule has 0 aliphatic heterocycles. The van der Waals surface area contributed by atoms with Gasteiger partial charge in [0.05, 0.1) is 48.8 Å². The summed E-state index contributed by atoms with van der Waals surface area (Å²) in [6.45, 7) is 51.2. The van der Waals surface area contributed by atoms with Crippen LogP contribution in [0.4, 0.5) is 9.59 Å². The first-order valence-electron chi connectivity index (χ1n) is 34.9. The molecule has 8 unspecified atom stereocenters. The molecule has 0 heterocycles. The van der Waals surface area contributed by atoms with Gasteiger partial charge >= 0.3 is 24.1 Å².